The van der Waals surface area contributed by atoms with Crippen molar-refractivity contribution in [1.82, 2.24) is 9.80 Å². The average Bonchev–Trinajstić information content (AvgIpc) is 3.06. The van der Waals surface area contributed by atoms with Crippen molar-refractivity contribution in [2.45, 2.75) is 39.0 Å². The van der Waals surface area contributed by atoms with Crippen molar-refractivity contribution in [3.8, 4) is 5.75 Å². The third-order valence-electron chi connectivity index (χ3n) is 4.14. The van der Waals surface area contributed by atoms with Crippen LogP contribution in [0.15, 0.2) is 18.2 Å². The van der Waals surface area contributed by atoms with Crippen LogP contribution in [-0.4, -0.2) is 58.5 Å². The first-order valence-electron chi connectivity index (χ1n) is 7.99. The molecule has 2 amide bonds. The van der Waals surface area contributed by atoms with Crippen molar-refractivity contribution in [2.24, 2.45) is 0 Å². The largest absolute Gasteiger partial charge is 0.479 e. The Labute approximate surface area is 162 Å². The average molecular weight is 405 g/mol. The number of halogens is 2. The predicted molar refractivity (Wildman–Crippen MR) is 102 cm³/mol. The lowest BCUT2D eigenvalue weighted by Crippen LogP contribution is -2.52. The van der Waals surface area contributed by atoms with Gasteiger partial charge in [0.25, 0.3) is 5.91 Å². The van der Waals surface area contributed by atoms with Crippen LogP contribution in [0.1, 0.15) is 20.8 Å². The molecular weight excluding hydrogens is 383 g/mol. The molecule has 0 radical (unpaired) electrons. The number of hydrogen-bond acceptors (Lipinski definition) is 4. The first kappa shape index (κ1) is 20.2. The molecule has 1 heterocycles. The van der Waals surface area contributed by atoms with Gasteiger partial charge in [0.05, 0.1) is 10.9 Å². The molecule has 1 aliphatic rings. The van der Waals surface area contributed by atoms with Gasteiger partial charge in [-0.25, -0.2) is 0 Å². The Morgan fingerprint density at radius 2 is 2.00 bits per heavy atom. The maximum absolute atomic E-state index is 12.8. The van der Waals surface area contributed by atoms with Gasteiger partial charge >= 0.3 is 0 Å². The van der Waals surface area contributed by atoms with Crippen LogP contribution in [0.25, 0.3) is 0 Å². The van der Waals surface area contributed by atoms with E-state index in [4.69, 9.17) is 27.9 Å². The van der Waals surface area contributed by atoms with Gasteiger partial charge in [-0.15, -0.1) is 11.8 Å². The van der Waals surface area contributed by atoms with E-state index >= 15 is 0 Å². The Kier molecular flexibility index (Phi) is 6.88. The zero-order valence-electron chi connectivity index (χ0n) is 14.7. The van der Waals surface area contributed by atoms with Crippen molar-refractivity contribution < 1.29 is 14.3 Å². The van der Waals surface area contributed by atoms with Crippen LogP contribution in [0, 0.1) is 0 Å². The summed E-state index contributed by atoms with van der Waals surface area (Å²) in [5.74, 6) is 1.12. The van der Waals surface area contributed by atoms with Crippen molar-refractivity contribution >= 4 is 46.8 Å². The summed E-state index contributed by atoms with van der Waals surface area (Å²) in [6.45, 7) is 5.54. The first-order valence-corrected chi connectivity index (χ1v) is 9.90. The monoisotopic (exact) mass is 404 g/mol. The normalized spacial score (nSPS) is 18.4. The van der Waals surface area contributed by atoms with E-state index in [-0.39, 0.29) is 22.9 Å². The molecule has 1 aliphatic heterocycles. The number of thioether (sulfide) groups is 1. The number of carbonyl (C=O) groups excluding carboxylic acids is 2. The second kappa shape index (κ2) is 8.52. The molecule has 2 rings (SSSR count). The van der Waals surface area contributed by atoms with Crippen LogP contribution in [0.3, 0.4) is 0 Å². The summed E-state index contributed by atoms with van der Waals surface area (Å²) in [4.78, 5) is 28.7. The summed E-state index contributed by atoms with van der Waals surface area (Å²) in [7, 11) is 1.75. The molecule has 1 saturated heterocycles. The van der Waals surface area contributed by atoms with Crippen LogP contribution in [-0.2, 0) is 9.59 Å². The molecule has 5 nitrogen and oxygen atoms in total. The molecular formula is C17H22Cl2N2O3S. The van der Waals surface area contributed by atoms with E-state index in [1.165, 1.54) is 0 Å². The van der Waals surface area contributed by atoms with E-state index in [1.54, 1.807) is 53.7 Å². The molecule has 1 fully saturated rings. The maximum Gasteiger partial charge on any atom is 0.264 e. The molecule has 0 spiro atoms. The van der Waals surface area contributed by atoms with E-state index in [1.807, 2.05) is 13.8 Å². The predicted octanol–water partition coefficient (Wildman–Crippen LogP) is 3.53. The van der Waals surface area contributed by atoms with Gasteiger partial charge < -0.3 is 14.5 Å². The fourth-order valence-corrected chi connectivity index (χ4v) is 3.89. The van der Waals surface area contributed by atoms with Crippen molar-refractivity contribution in [3.63, 3.8) is 0 Å². The molecule has 0 saturated carbocycles. The highest BCUT2D eigenvalue weighted by Gasteiger charge is 2.38. The van der Waals surface area contributed by atoms with Crippen LogP contribution in [0.2, 0.25) is 10.0 Å². The zero-order valence-corrected chi connectivity index (χ0v) is 17.0. The number of hydrogen-bond donors (Lipinski definition) is 0. The first-order chi connectivity index (χ1) is 11.7. The molecule has 2 unspecified atom stereocenters. The van der Waals surface area contributed by atoms with Gasteiger partial charge in [-0.1, -0.05) is 29.3 Å². The van der Waals surface area contributed by atoms with E-state index in [0.717, 1.165) is 0 Å². The third-order valence-corrected chi connectivity index (χ3v) is 5.95. The Balaban J connectivity index is 2.10. The lowest BCUT2D eigenvalue weighted by molar-refractivity contribution is -0.147. The molecule has 0 aromatic heterocycles. The van der Waals surface area contributed by atoms with E-state index in [2.05, 4.69) is 0 Å². The Bertz CT molecular complexity index is 657. The second-order valence-corrected chi connectivity index (χ2v) is 7.96. The number of ether oxygens (including phenoxy) is 1. The number of rotatable bonds is 5. The number of carbonyl (C=O) groups is 2. The summed E-state index contributed by atoms with van der Waals surface area (Å²) in [5.41, 5.74) is 0. The highest BCUT2D eigenvalue weighted by molar-refractivity contribution is 7.99. The van der Waals surface area contributed by atoms with E-state index in [0.29, 0.717) is 22.4 Å². The van der Waals surface area contributed by atoms with Crippen LogP contribution >= 0.6 is 35.0 Å². The minimum absolute atomic E-state index is 0.0543. The van der Waals surface area contributed by atoms with E-state index < -0.39 is 12.1 Å². The minimum atomic E-state index is -0.769. The lowest BCUT2D eigenvalue weighted by Gasteiger charge is -2.31. The molecule has 1 aromatic carbocycles. The number of benzene rings is 1. The molecule has 0 N–H and O–H groups in total. The fourth-order valence-electron chi connectivity index (χ4n) is 2.40. The topological polar surface area (TPSA) is 49.9 Å². The lowest BCUT2D eigenvalue weighted by atomic mass is 10.2. The Hall–Kier alpha value is -1.11. The summed E-state index contributed by atoms with van der Waals surface area (Å²) < 4.78 is 5.69. The summed E-state index contributed by atoms with van der Waals surface area (Å²) in [6, 6.07) is 4.62. The maximum atomic E-state index is 12.8. The Morgan fingerprint density at radius 3 is 2.64 bits per heavy atom. The highest BCUT2D eigenvalue weighted by Crippen LogP contribution is 2.32. The van der Waals surface area contributed by atoms with Gasteiger partial charge in [0, 0.05) is 18.8 Å². The summed E-state index contributed by atoms with van der Waals surface area (Å²) >= 11 is 13.6. The van der Waals surface area contributed by atoms with Crippen LogP contribution in [0.5, 0.6) is 5.75 Å². The van der Waals surface area contributed by atoms with E-state index in [9.17, 15) is 9.59 Å². The minimum Gasteiger partial charge on any atom is -0.479 e. The molecule has 1 aromatic rings. The standard InChI is InChI=1S/C17H22Cl2N2O3S/c1-10(2)20(4)17(23)13-8-25-9-21(13)16(22)11(3)24-14-7-5-6-12(18)15(14)19/h5-7,10-11,13H,8-9H2,1-4H3. The molecule has 2 atom stereocenters. The van der Waals surface area contributed by atoms with Gasteiger partial charge in [0.15, 0.2) is 6.10 Å². The highest BCUT2D eigenvalue weighted by atomic mass is 35.5. The van der Waals surface area contributed by atoms with Crippen molar-refractivity contribution in [1.29, 1.82) is 0 Å². The quantitative estimate of drug-likeness (QED) is 0.752. The fraction of sp³-hybridized carbons (Fsp3) is 0.529. The van der Waals surface area contributed by atoms with Gasteiger partial charge in [-0.2, -0.15) is 0 Å². The Morgan fingerprint density at radius 1 is 1.32 bits per heavy atom. The number of likely N-dealkylation sites (N-methyl/N-ethyl adjacent to an activating group) is 1. The summed E-state index contributed by atoms with van der Waals surface area (Å²) in [5, 5.41) is 0.633. The van der Waals surface area contributed by atoms with Crippen molar-refractivity contribution in [2.75, 3.05) is 18.7 Å². The van der Waals surface area contributed by atoms with Gasteiger partial charge in [-0.3, -0.25) is 9.59 Å². The van der Waals surface area contributed by atoms with Gasteiger partial charge in [0.2, 0.25) is 5.91 Å². The smallest absolute Gasteiger partial charge is 0.264 e. The summed E-state index contributed by atoms with van der Waals surface area (Å²) in [6.07, 6.45) is -0.769. The number of amides is 2. The van der Waals surface area contributed by atoms with Crippen LogP contribution in [0.4, 0.5) is 0 Å². The SMILES string of the molecule is CC(Oc1cccc(Cl)c1Cl)C(=O)N1CSCC1C(=O)N(C)C(C)C. The third kappa shape index (κ3) is 4.54. The number of nitrogens with zero attached hydrogens (tertiary/aromatic N) is 2. The molecule has 25 heavy (non-hydrogen) atoms. The molecule has 138 valence electrons. The molecule has 0 aliphatic carbocycles. The second-order valence-electron chi connectivity index (χ2n) is 6.18. The van der Waals surface area contributed by atoms with Crippen molar-refractivity contribution in [3.05, 3.63) is 28.2 Å². The molecule has 0 bridgehead atoms. The molecule has 8 heteroatoms. The van der Waals surface area contributed by atoms with Gasteiger partial charge in [-0.05, 0) is 32.9 Å². The zero-order chi connectivity index (χ0) is 18.7. The van der Waals surface area contributed by atoms with Crippen LogP contribution < -0.4 is 4.74 Å². The van der Waals surface area contributed by atoms with Gasteiger partial charge in [0.1, 0.15) is 16.8 Å².